The third-order valence-corrected chi connectivity index (χ3v) is 10.4. The molecule has 0 aliphatic carbocycles. The number of allylic oxidation sites excluding steroid dienone is 2. The lowest BCUT2D eigenvalue weighted by atomic mass is 9.94. The molecule has 10 aromatic rings. The molecule has 7 aromatic carbocycles. The minimum Gasteiger partial charge on any atom is -0.456 e. The number of benzene rings is 7. The molecule has 0 bridgehead atoms. The maximum atomic E-state index is 6.66. The Labute approximate surface area is 318 Å². The number of aryl methyl sites for hydroxylation is 1. The number of fused-ring (bicyclic) bond motifs is 5. The molecule has 0 aliphatic rings. The first kappa shape index (κ1) is 32.3. The summed E-state index contributed by atoms with van der Waals surface area (Å²) in [6, 6.07) is 54.4. The Hall–Kier alpha value is -7.37. The smallest absolute Gasteiger partial charge is 0.164 e. The zero-order valence-corrected chi connectivity index (χ0v) is 30.1. The standard InChI is InChI=1S/C50H34N4O/c1-3-4-27-42-32(2)36-21-11-13-28-43(36)54(42)44-30-35(31-46-47(44)41-22-12-14-29-45(41)55-46)37-23-15-25-39-38(37)24-16-26-40(39)50-52-48(33-17-7-5-8-18-33)51-49(53-50)34-19-9-6-10-20-34/h3-31H,1H2,2H3/b27-4-. The Bertz CT molecular complexity index is 3060. The summed E-state index contributed by atoms with van der Waals surface area (Å²) in [5, 5.41) is 5.49. The summed E-state index contributed by atoms with van der Waals surface area (Å²) in [5.41, 5.74) is 11.1. The van der Waals surface area contributed by atoms with Gasteiger partial charge in [0.25, 0.3) is 0 Å². The summed E-state index contributed by atoms with van der Waals surface area (Å²) in [6.07, 6.45) is 5.98. The quantitative estimate of drug-likeness (QED) is 0.155. The van der Waals surface area contributed by atoms with E-state index in [0.717, 1.165) is 77.4 Å². The number of hydrogen-bond acceptors (Lipinski definition) is 4. The molecule has 0 aliphatic heterocycles. The number of nitrogens with zero attached hydrogens (tertiary/aromatic N) is 4. The van der Waals surface area contributed by atoms with Gasteiger partial charge in [-0.15, -0.1) is 0 Å². The van der Waals surface area contributed by atoms with Crippen molar-refractivity contribution in [3.05, 3.63) is 188 Å². The average molecular weight is 707 g/mol. The molecule has 0 radical (unpaired) electrons. The maximum Gasteiger partial charge on any atom is 0.164 e. The van der Waals surface area contributed by atoms with Crippen molar-refractivity contribution in [3.8, 4) is 51.0 Å². The van der Waals surface area contributed by atoms with Gasteiger partial charge in [-0.05, 0) is 64.7 Å². The Morgan fingerprint density at radius 2 is 1.11 bits per heavy atom. The van der Waals surface area contributed by atoms with Gasteiger partial charge in [-0.1, -0.05) is 152 Å². The zero-order valence-electron chi connectivity index (χ0n) is 30.1. The van der Waals surface area contributed by atoms with E-state index in [0.29, 0.717) is 17.5 Å². The van der Waals surface area contributed by atoms with E-state index in [9.17, 15) is 0 Å². The second kappa shape index (κ2) is 13.2. The van der Waals surface area contributed by atoms with Crippen molar-refractivity contribution >= 4 is 49.7 Å². The third kappa shape index (κ3) is 5.44. The van der Waals surface area contributed by atoms with Gasteiger partial charge in [-0.3, -0.25) is 0 Å². The summed E-state index contributed by atoms with van der Waals surface area (Å²) >= 11 is 0. The highest BCUT2D eigenvalue weighted by Gasteiger charge is 2.22. The molecular formula is C50H34N4O. The van der Waals surface area contributed by atoms with Crippen molar-refractivity contribution in [2.45, 2.75) is 6.92 Å². The second-order valence-electron chi connectivity index (χ2n) is 13.7. The van der Waals surface area contributed by atoms with E-state index in [4.69, 9.17) is 19.4 Å². The van der Waals surface area contributed by atoms with Crippen molar-refractivity contribution in [2.75, 3.05) is 0 Å². The SMILES string of the molecule is C=C/C=C\c1c(C)c2ccccc2n1-c1cc(-c2cccc3c(-c4nc(-c5ccccc5)nc(-c5ccccc5)n4)cccc23)cc2oc3ccccc3c12. The van der Waals surface area contributed by atoms with Gasteiger partial charge < -0.3 is 8.98 Å². The minimum atomic E-state index is 0.622. The highest BCUT2D eigenvalue weighted by molar-refractivity contribution is 6.13. The fourth-order valence-electron chi connectivity index (χ4n) is 7.89. The van der Waals surface area contributed by atoms with E-state index in [1.807, 2.05) is 84.9 Å². The van der Waals surface area contributed by atoms with Gasteiger partial charge in [0, 0.05) is 33.2 Å². The van der Waals surface area contributed by atoms with Crippen LogP contribution in [-0.2, 0) is 0 Å². The van der Waals surface area contributed by atoms with Crippen LogP contribution in [-0.4, -0.2) is 19.5 Å². The van der Waals surface area contributed by atoms with Crippen molar-refractivity contribution in [2.24, 2.45) is 0 Å². The first-order chi connectivity index (χ1) is 27.2. The van der Waals surface area contributed by atoms with Crippen LogP contribution in [0.15, 0.2) is 181 Å². The molecule has 0 saturated carbocycles. The molecule has 0 atom stereocenters. The molecule has 0 fully saturated rings. The molecular weight excluding hydrogens is 673 g/mol. The van der Waals surface area contributed by atoms with Gasteiger partial charge in [0.15, 0.2) is 17.5 Å². The molecule has 3 aromatic heterocycles. The zero-order chi connectivity index (χ0) is 36.9. The monoisotopic (exact) mass is 706 g/mol. The molecule has 0 saturated heterocycles. The Morgan fingerprint density at radius 3 is 1.82 bits per heavy atom. The van der Waals surface area contributed by atoms with E-state index in [-0.39, 0.29) is 0 Å². The number of aromatic nitrogens is 4. The van der Waals surface area contributed by atoms with Gasteiger partial charge in [0.05, 0.1) is 16.6 Å². The lowest BCUT2D eigenvalue weighted by Gasteiger charge is -2.15. The van der Waals surface area contributed by atoms with E-state index in [2.05, 4.69) is 109 Å². The molecule has 260 valence electrons. The normalized spacial score (nSPS) is 11.7. The topological polar surface area (TPSA) is 56.7 Å². The summed E-state index contributed by atoms with van der Waals surface area (Å²) in [7, 11) is 0. The lowest BCUT2D eigenvalue weighted by Crippen LogP contribution is -2.00. The summed E-state index contributed by atoms with van der Waals surface area (Å²) in [6.45, 7) is 6.16. The first-order valence-corrected chi connectivity index (χ1v) is 18.4. The maximum absolute atomic E-state index is 6.66. The van der Waals surface area contributed by atoms with Crippen LogP contribution in [0.25, 0.3) is 101 Å². The number of para-hydroxylation sites is 2. The summed E-state index contributed by atoms with van der Waals surface area (Å²) < 4.78 is 9.03. The van der Waals surface area contributed by atoms with E-state index in [1.165, 1.54) is 10.9 Å². The third-order valence-electron chi connectivity index (χ3n) is 10.4. The van der Waals surface area contributed by atoms with E-state index in [1.54, 1.807) is 0 Å². The summed E-state index contributed by atoms with van der Waals surface area (Å²) in [5.74, 6) is 1.89. The van der Waals surface area contributed by atoms with Crippen LogP contribution in [0.2, 0.25) is 0 Å². The number of hydrogen-bond donors (Lipinski definition) is 0. The van der Waals surface area contributed by atoms with Crippen LogP contribution in [0.4, 0.5) is 0 Å². The largest absolute Gasteiger partial charge is 0.456 e. The van der Waals surface area contributed by atoms with Crippen molar-refractivity contribution in [1.29, 1.82) is 0 Å². The molecule has 0 amide bonds. The van der Waals surface area contributed by atoms with E-state index >= 15 is 0 Å². The van der Waals surface area contributed by atoms with Crippen molar-refractivity contribution in [3.63, 3.8) is 0 Å². The first-order valence-electron chi connectivity index (χ1n) is 18.4. The molecule has 0 N–H and O–H groups in total. The van der Waals surface area contributed by atoms with Crippen molar-refractivity contribution < 1.29 is 4.42 Å². The average Bonchev–Trinajstić information content (AvgIpc) is 3.77. The van der Waals surface area contributed by atoms with E-state index < -0.39 is 0 Å². The lowest BCUT2D eigenvalue weighted by molar-refractivity contribution is 0.669. The fourth-order valence-corrected chi connectivity index (χ4v) is 7.89. The van der Waals surface area contributed by atoms with Crippen LogP contribution < -0.4 is 0 Å². The molecule has 5 heteroatoms. The Morgan fingerprint density at radius 1 is 0.527 bits per heavy atom. The molecule has 0 spiro atoms. The van der Waals surface area contributed by atoms with Gasteiger partial charge in [0.1, 0.15) is 11.2 Å². The molecule has 55 heavy (non-hydrogen) atoms. The molecule has 10 rings (SSSR count). The van der Waals surface area contributed by atoms with Crippen molar-refractivity contribution in [1.82, 2.24) is 19.5 Å². The molecule has 3 heterocycles. The second-order valence-corrected chi connectivity index (χ2v) is 13.7. The highest BCUT2D eigenvalue weighted by atomic mass is 16.3. The highest BCUT2D eigenvalue weighted by Crippen LogP contribution is 2.42. The van der Waals surface area contributed by atoms with Crippen LogP contribution >= 0.6 is 0 Å². The molecule has 0 unspecified atom stereocenters. The van der Waals surface area contributed by atoms with Gasteiger partial charge in [0.2, 0.25) is 0 Å². The van der Waals surface area contributed by atoms with Crippen LogP contribution in [0.5, 0.6) is 0 Å². The predicted octanol–water partition coefficient (Wildman–Crippen LogP) is 13.0. The molecule has 5 nitrogen and oxygen atoms in total. The van der Waals surface area contributed by atoms with Gasteiger partial charge >= 0.3 is 0 Å². The minimum absolute atomic E-state index is 0.622. The van der Waals surface area contributed by atoms with Gasteiger partial charge in [-0.2, -0.15) is 0 Å². The Kier molecular flexibility index (Phi) is 7.77. The van der Waals surface area contributed by atoms with Gasteiger partial charge in [-0.25, -0.2) is 15.0 Å². The number of rotatable bonds is 7. The predicted molar refractivity (Wildman–Crippen MR) is 227 cm³/mol. The van der Waals surface area contributed by atoms with Crippen LogP contribution in [0, 0.1) is 6.92 Å². The fraction of sp³-hybridized carbons (Fsp3) is 0.0200. The van der Waals surface area contributed by atoms with Crippen LogP contribution in [0.3, 0.4) is 0 Å². The Balaban J connectivity index is 1.23. The summed E-state index contributed by atoms with van der Waals surface area (Å²) in [4.78, 5) is 15.1. The van der Waals surface area contributed by atoms with Crippen LogP contribution in [0.1, 0.15) is 11.3 Å². The number of furan rings is 1.